The Bertz CT molecular complexity index is 518. The minimum absolute atomic E-state index is 0.107. The van der Waals surface area contributed by atoms with Gasteiger partial charge in [0.15, 0.2) is 9.84 Å². The highest BCUT2D eigenvalue weighted by molar-refractivity contribution is 7.91. The van der Waals surface area contributed by atoms with Gasteiger partial charge < -0.3 is 4.74 Å². The molecule has 0 aromatic carbocycles. The van der Waals surface area contributed by atoms with E-state index in [2.05, 4.69) is 10.2 Å². The quantitative estimate of drug-likeness (QED) is 0.817. The van der Waals surface area contributed by atoms with Crippen molar-refractivity contribution in [3.8, 4) is 5.88 Å². The smallest absolute Gasteiger partial charge is 0.252 e. The molecule has 0 bridgehead atoms. The van der Waals surface area contributed by atoms with E-state index < -0.39 is 9.84 Å². The third kappa shape index (κ3) is 2.87. The van der Waals surface area contributed by atoms with E-state index in [4.69, 9.17) is 16.3 Å². The largest absolute Gasteiger partial charge is 0.479 e. The number of ether oxygens (including phenoxy) is 1. The Kier molecular flexibility index (Phi) is 3.53. The second-order valence-electron chi connectivity index (χ2n) is 4.08. The molecule has 0 amide bonds. The van der Waals surface area contributed by atoms with Crippen LogP contribution in [0.3, 0.4) is 0 Å². The van der Waals surface area contributed by atoms with E-state index in [0.29, 0.717) is 17.1 Å². The highest BCUT2D eigenvalue weighted by Crippen LogP contribution is 2.30. The van der Waals surface area contributed by atoms with Gasteiger partial charge in [-0.2, -0.15) is 5.10 Å². The van der Waals surface area contributed by atoms with Crippen molar-refractivity contribution < 1.29 is 13.2 Å². The summed E-state index contributed by atoms with van der Waals surface area (Å²) in [4.78, 5) is 0. The Morgan fingerprint density at radius 1 is 1.47 bits per heavy atom. The van der Waals surface area contributed by atoms with Crippen LogP contribution in [-0.4, -0.2) is 37.2 Å². The van der Waals surface area contributed by atoms with E-state index in [9.17, 15) is 8.42 Å². The zero-order chi connectivity index (χ0) is 12.5. The number of halogens is 1. The standard InChI is InChI=1S/C10H13ClN2O3S/c1-16-10-8(11)5-9(12-13-10)7-3-2-4-17(14,15)6-7/h5,7H,2-4,6H2,1H3. The predicted molar refractivity (Wildman–Crippen MR) is 64.2 cm³/mol. The van der Waals surface area contributed by atoms with Gasteiger partial charge in [-0.25, -0.2) is 8.42 Å². The molecular weight excluding hydrogens is 264 g/mol. The van der Waals surface area contributed by atoms with Gasteiger partial charge in [-0.1, -0.05) is 11.6 Å². The number of nitrogens with zero attached hydrogens (tertiary/aromatic N) is 2. The second-order valence-corrected chi connectivity index (χ2v) is 6.72. The molecule has 0 aliphatic carbocycles. The molecule has 1 saturated heterocycles. The number of rotatable bonds is 2. The van der Waals surface area contributed by atoms with Crippen molar-refractivity contribution in [1.29, 1.82) is 0 Å². The summed E-state index contributed by atoms with van der Waals surface area (Å²) in [6.07, 6.45) is 1.47. The number of hydrogen-bond donors (Lipinski definition) is 0. The highest BCUT2D eigenvalue weighted by Gasteiger charge is 2.27. The molecule has 1 aliphatic rings. The van der Waals surface area contributed by atoms with Gasteiger partial charge in [0.1, 0.15) is 5.02 Å². The van der Waals surface area contributed by atoms with E-state index in [1.54, 1.807) is 6.07 Å². The summed E-state index contributed by atoms with van der Waals surface area (Å²) in [7, 11) is -1.49. The molecule has 17 heavy (non-hydrogen) atoms. The monoisotopic (exact) mass is 276 g/mol. The van der Waals surface area contributed by atoms with Crippen LogP contribution in [0.4, 0.5) is 0 Å². The Balaban J connectivity index is 2.25. The number of sulfone groups is 1. The summed E-state index contributed by atoms with van der Waals surface area (Å²) in [6, 6.07) is 1.64. The van der Waals surface area contributed by atoms with E-state index in [1.165, 1.54) is 7.11 Å². The van der Waals surface area contributed by atoms with Crippen molar-refractivity contribution in [2.45, 2.75) is 18.8 Å². The molecular formula is C10H13ClN2O3S. The van der Waals surface area contributed by atoms with Gasteiger partial charge in [0.25, 0.3) is 5.88 Å². The van der Waals surface area contributed by atoms with Crippen LogP contribution in [-0.2, 0) is 9.84 Å². The lowest BCUT2D eigenvalue weighted by atomic mass is 10.0. The van der Waals surface area contributed by atoms with Crippen molar-refractivity contribution in [2.24, 2.45) is 0 Å². The summed E-state index contributed by atoms with van der Waals surface area (Å²) < 4.78 is 28.0. The maximum absolute atomic E-state index is 11.5. The molecule has 0 radical (unpaired) electrons. The lowest BCUT2D eigenvalue weighted by molar-refractivity contribution is 0.390. The fraction of sp³-hybridized carbons (Fsp3) is 0.600. The normalized spacial score (nSPS) is 23.3. The first-order chi connectivity index (χ1) is 8.02. The summed E-state index contributed by atoms with van der Waals surface area (Å²) >= 11 is 5.94. The van der Waals surface area contributed by atoms with Crippen molar-refractivity contribution in [3.63, 3.8) is 0 Å². The molecule has 5 nitrogen and oxygen atoms in total. The Morgan fingerprint density at radius 3 is 2.82 bits per heavy atom. The Hall–Kier alpha value is -0.880. The second kappa shape index (κ2) is 4.78. The van der Waals surface area contributed by atoms with Crippen molar-refractivity contribution in [2.75, 3.05) is 18.6 Å². The first-order valence-corrected chi connectivity index (χ1v) is 7.49. The number of methoxy groups -OCH3 is 1. The van der Waals surface area contributed by atoms with Crippen LogP contribution < -0.4 is 4.74 Å². The van der Waals surface area contributed by atoms with E-state index in [1.807, 2.05) is 0 Å². The van der Waals surface area contributed by atoms with Crippen LogP contribution in [0.1, 0.15) is 24.5 Å². The molecule has 0 saturated carbocycles. The van der Waals surface area contributed by atoms with Crippen molar-refractivity contribution >= 4 is 21.4 Å². The molecule has 1 aromatic heterocycles. The molecule has 1 atom stereocenters. The van der Waals surface area contributed by atoms with E-state index in [0.717, 1.165) is 6.42 Å². The van der Waals surface area contributed by atoms with E-state index in [-0.39, 0.29) is 23.3 Å². The summed E-state index contributed by atoms with van der Waals surface area (Å²) in [5.74, 6) is 0.546. The third-order valence-electron chi connectivity index (χ3n) is 2.81. The van der Waals surface area contributed by atoms with Crippen LogP contribution in [0.25, 0.3) is 0 Å². The molecule has 94 valence electrons. The fourth-order valence-electron chi connectivity index (χ4n) is 1.97. The minimum Gasteiger partial charge on any atom is -0.479 e. The average molecular weight is 277 g/mol. The van der Waals surface area contributed by atoms with Crippen molar-refractivity contribution in [1.82, 2.24) is 10.2 Å². The zero-order valence-corrected chi connectivity index (χ0v) is 11.0. The summed E-state index contributed by atoms with van der Waals surface area (Å²) in [5.41, 5.74) is 0.624. The lowest BCUT2D eigenvalue weighted by Crippen LogP contribution is -2.24. The van der Waals surface area contributed by atoms with Gasteiger partial charge in [-0.3, -0.25) is 0 Å². The maximum atomic E-state index is 11.5. The molecule has 2 heterocycles. The molecule has 1 aromatic rings. The van der Waals surface area contributed by atoms with Gasteiger partial charge in [-0.15, -0.1) is 5.10 Å². The first-order valence-electron chi connectivity index (χ1n) is 5.29. The number of hydrogen-bond acceptors (Lipinski definition) is 5. The highest BCUT2D eigenvalue weighted by atomic mass is 35.5. The number of aromatic nitrogens is 2. The SMILES string of the molecule is COc1nnc(C2CCCS(=O)(=O)C2)cc1Cl. The molecule has 1 aliphatic heterocycles. The lowest BCUT2D eigenvalue weighted by Gasteiger charge is -2.21. The van der Waals surface area contributed by atoms with Crippen LogP contribution in [0.2, 0.25) is 5.02 Å². The molecule has 1 unspecified atom stereocenters. The fourth-order valence-corrected chi connectivity index (χ4v) is 3.92. The van der Waals surface area contributed by atoms with E-state index >= 15 is 0 Å². The minimum atomic E-state index is -2.95. The van der Waals surface area contributed by atoms with Gasteiger partial charge in [0.05, 0.1) is 24.3 Å². The van der Waals surface area contributed by atoms with Crippen LogP contribution in [0.5, 0.6) is 5.88 Å². The van der Waals surface area contributed by atoms with Crippen molar-refractivity contribution in [3.05, 3.63) is 16.8 Å². The molecule has 1 fully saturated rings. The Labute approximate surface area is 105 Å². The summed E-state index contributed by atoms with van der Waals surface area (Å²) in [5, 5.41) is 8.16. The van der Waals surface area contributed by atoms with Gasteiger partial charge >= 0.3 is 0 Å². The van der Waals surface area contributed by atoms with Gasteiger partial charge in [0, 0.05) is 5.92 Å². The first kappa shape index (κ1) is 12.6. The molecule has 7 heteroatoms. The van der Waals surface area contributed by atoms with Gasteiger partial charge in [0.2, 0.25) is 0 Å². The third-order valence-corrected chi connectivity index (χ3v) is 4.90. The topological polar surface area (TPSA) is 69.2 Å². The Morgan fingerprint density at radius 2 is 2.24 bits per heavy atom. The van der Waals surface area contributed by atoms with Crippen LogP contribution in [0.15, 0.2) is 6.07 Å². The van der Waals surface area contributed by atoms with Crippen LogP contribution >= 0.6 is 11.6 Å². The average Bonchev–Trinajstić information content (AvgIpc) is 2.27. The van der Waals surface area contributed by atoms with Crippen LogP contribution in [0, 0.1) is 0 Å². The maximum Gasteiger partial charge on any atom is 0.252 e. The molecule has 0 spiro atoms. The summed E-state index contributed by atoms with van der Waals surface area (Å²) in [6.45, 7) is 0. The van der Waals surface area contributed by atoms with Gasteiger partial charge in [-0.05, 0) is 18.9 Å². The predicted octanol–water partition coefficient (Wildman–Crippen LogP) is 1.43. The molecule has 0 N–H and O–H groups in total. The zero-order valence-electron chi connectivity index (χ0n) is 9.39. The molecule has 2 rings (SSSR count).